The van der Waals surface area contributed by atoms with Crippen molar-refractivity contribution in [3.05, 3.63) is 35.8 Å². The lowest BCUT2D eigenvalue weighted by Crippen LogP contribution is -2.56. The maximum absolute atomic E-state index is 13.4. The number of benzene rings is 1. The number of aromatic nitrogens is 1. The van der Waals surface area contributed by atoms with Gasteiger partial charge in [-0.15, -0.1) is 0 Å². The van der Waals surface area contributed by atoms with Crippen LogP contribution in [-0.4, -0.2) is 63.8 Å². The molecule has 0 aliphatic carbocycles. The number of carbonyl (C=O) groups excluding carboxylic acids is 1. The average molecular weight is 329 g/mol. The number of carboxylic acids is 1. The summed E-state index contributed by atoms with van der Waals surface area (Å²) < 4.78 is 13.4. The lowest BCUT2D eigenvalue weighted by atomic mass is 9.62. The first-order valence-electron chi connectivity index (χ1n) is 6.72. The summed E-state index contributed by atoms with van der Waals surface area (Å²) >= 11 is 0. The van der Waals surface area contributed by atoms with Crippen LogP contribution in [0.15, 0.2) is 24.3 Å². The molecule has 8 radical (unpaired) electrons. The summed E-state index contributed by atoms with van der Waals surface area (Å²) in [5, 5.41) is 18.1. The summed E-state index contributed by atoms with van der Waals surface area (Å²) in [6.07, 6.45) is 0. The number of nitrogens with zero attached hydrogens (tertiary/aromatic N) is 1. The number of halogens is 1. The molecule has 11 heteroatoms. The number of pyridine rings is 1. The molecule has 1 aromatic carbocycles. The largest absolute Gasteiger partial charge is 0.506 e. The molecule has 0 fully saturated rings. The molecule has 0 spiro atoms. The van der Waals surface area contributed by atoms with Gasteiger partial charge in [0.05, 0.1) is 5.34 Å². The predicted octanol–water partition coefficient (Wildman–Crippen LogP) is -2.01. The van der Waals surface area contributed by atoms with Gasteiger partial charge in [-0.25, -0.2) is 4.39 Å². The Balaban J connectivity index is 2.51. The number of aromatic hydroxyl groups is 1. The van der Waals surface area contributed by atoms with Gasteiger partial charge in [-0.05, 0) is 34.3 Å². The number of hydrogen-bond acceptors (Lipinski definition) is 4. The average Bonchev–Trinajstić information content (AvgIpc) is 2.50. The summed E-state index contributed by atoms with van der Waals surface area (Å²) in [7, 11) is 21.9. The molecule has 1 amide bonds. The van der Waals surface area contributed by atoms with Crippen LogP contribution in [0.25, 0.3) is 11.1 Å². The second kappa shape index (κ2) is 6.66. The van der Waals surface area contributed by atoms with E-state index in [1.54, 1.807) is 5.32 Å². The highest BCUT2D eigenvalue weighted by Crippen LogP contribution is 2.21. The second-order valence-corrected chi connectivity index (χ2v) is 5.12. The Bertz CT molecular complexity index is 876. The normalized spacial score (nSPS) is 11.1. The van der Waals surface area contributed by atoms with Crippen LogP contribution in [0.3, 0.4) is 0 Å². The van der Waals surface area contributed by atoms with Crippen LogP contribution >= 0.6 is 0 Å². The predicted molar refractivity (Wildman–Crippen MR) is 91.4 cm³/mol. The Hall–Kier alpha value is -2.70. The van der Waals surface area contributed by atoms with Gasteiger partial charge < -0.3 is 15.5 Å². The van der Waals surface area contributed by atoms with Crippen molar-refractivity contribution < 1.29 is 24.2 Å². The molecule has 0 saturated heterocycles. The van der Waals surface area contributed by atoms with Crippen molar-refractivity contribution >= 4 is 54.3 Å². The van der Waals surface area contributed by atoms with Gasteiger partial charge >= 0.3 is 5.97 Å². The fourth-order valence-corrected chi connectivity index (χ4v) is 2.02. The molecule has 2 aromatic rings. The van der Waals surface area contributed by atoms with Crippen molar-refractivity contribution in [2.75, 3.05) is 0 Å². The van der Waals surface area contributed by atoms with Crippen molar-refractivity contribution in [1.82, 2.24) is 10.3 Å². The highest BCUT2D eigenvalue weighted by molar-refractivity contribution is 6.51. The zero-order valence-corrected chi connectivity index (χ0v) is 12.7. The Morgan fingerprint density at radius 3 is 2.44 bits per heavy atom. The van der Waals surface area contributed by atoms with Crippen molar-refractivity contribution in [1.29, 1.82) is 0 Å². The number of aliphatic carboxylic acids is 1. The molecule has 1 heterocycles. The molecule has 3 N–H and O–H groups in total. The van der Waals surface area contributed by atoms with Crippen LogP contribution in [-0.2, 0) is 4.79 Å². The number of carboxylic acid groups (broad SMARTS) is 1. The first-order chi connectivity index (χ1) is 11.5. The zero-order chi connectivity index (χ0) is 18.9. The van der Waals surface area contributed by atoms with E-state index in [0.717, 1.165) is 6.07 Å². The third-order valence-corrected chi connectivity index (χ3v) is 3.24. The smallest absolute Gasteiger partial charge is 0.310 e. The van der Waals surface area contributed by atoms with Gasteiger partial charge in [0.2, 0.25) is 0 Å². The third kappa shape index (κ3) is 3.70. The van der Waals surface area contributed by atoms with Gasteiger partial charge in [0.15, 0.2) is 5.69 Å². The molecular weight excluding hydrogens is 322 g/mol. The van der Waals surface area contributed by atoms with Gasteiger partial charge in [0.1, 0.15) is 43.0 Å². The molecule has 0 aliphatic rings. The highest BCUT2D eigenvalue weighted by atomic mass is 19.1. The summed E-state index contributed by atoms with van der Waals surface area (Å²) in [4.78, 5) is 26.6. The molecule has 0 unspecified atom stereocenters. The van der Waals surface area contributed by atoms with E-state index in [-0.39, 0.29) is 22.2 Å². The van der Waals surface area contributed by atoms with E-state index in [1.807, 2.05) is 0 Å². The lowest BCUT2D eigenvalue weighted by Gasteiger charge is -2.23. The summed E-state index contributed by atoms with van der Waals surface area (Å²) in [5.74, 6) is -4.30. The lowest BCUT2D eigenvalue weighted by molar-refractivity contribution is -0.138. The van der Waals surface area contributed by atoms with Crippen LogP contribution in [0.1, 0.15) is 10.5 Å². The molecule has 0 aliphatic heterocycles. The summed E-state index contributed by atoms with van der Waals surface area (Å²) in [6.45, 7) is 0. The quantitative estimate of drug-likeness (QED) is 0.563. The molecule has 1 aromatic heterocycles. The van der Waals surface area contributed by atoms with E-state index in [1.165, 1.54) is 18.2 Å². The molecule has 0 atom stereocenters. The van der Waals surface area contributed by atoms with Gasteiger partial charge in [0, 0.05) is 0 Å². The van der Waals surface area contributed by atoms with Crippen molar-refractivity contribution in [3.63, 3.8) is 0 Å². The first-order valence-corrected chi connectivity index (χ1v) is 6.72. The number of carbonyl (C=O) groups is 2. The molecular formula is C14H7B4FN2O4. The maximum atomic E-state index is 13.4. The van der Waals surface area contributed by atoms with Crippen LogP contribution in [0, 0.1) is 5.82 Å². The van der Waals surface area contributed by atoms with Gasteiger partial charge in [-0.2, -0.15) is 0 Å². The standard InChI is InChI=1S/C14H7B4FN2O4/c15-8-7(5-2-1-3-6(19)4-5)11(16)20-9(10(8)22)12(23)21-14(17,18)13(24)25/h1-4,22H,(H,21,23)(H,24,25). The molecule has 0 saturated carbocycles. The summed E-state index contributed by atoms with van der Waals surface area (Å²) in [5.41, 5.74) is -1.09. The van der Waals surface area contributed by atoms with Gasteiger partial charge in [-0.1, -0.05) is 12.1 Å². The maximum Gasteiger partial charge on any atom is 0.310 e. The zero-order valence-electron chi connectivity index (χ0n) is 12.7. The Morgan fingerprint density at radius 1 is 1.24 bits per heavy atom. The molecule has 2 rings (SSSR count). The molecule has 6 nitrogen and oxygen atoms in total. The van der Waals surface area contributed by atoms with Gasteiger partial charge in [-0.3, -0.25) is 14.6 Å². The first kappa shape index (κ1) is 18.6. The van der Waals surface area contributed by atoms with E-state index >= 15 is 0 Å². The van der Waals surface area contributed by atoms with E-state index in [0.29, 0.717) is 0 Å². The number of amides is 1. The Morgan fingerprint density at radius 2 is 1.88 bits per heavy atom. The minimum Gasteiger partial charge on any atom is -0.506 e. The SMILES string of the molecule is [B]c1nc(C(=O)NC([B])([B])C(=O)O)c(O)c([B])c1-c1cccc(F)c1. The second-order valence-electron chi connectivity index (χ2n) is 5.12. The minimum atomic E-state index is -2.60. The van der Waals surface area contributed by atoms with Crippen molar-refractivity contribution in [2.45, 2.75) is 5.34 Å². The van der Waals surface area contributed by atoms with Crippen molar-refractivity contribution in [3.8, 4) is 16.9 Å². The Labute approximate surface area is 147 Å². The van der Waals surface area contributed by atoms with Gasteiger partial charge in [0.25, 0.3) is 5.91 Å². The third-order valence-electron chi connectivity index (χ3n) is 3.24. The van der Waals surface area contributed by atoms with E-state index in [9.17, 15) is 19.1 Å². The Kier molecular flexibility index (Phi) is 4.97. The highest BCUT2D eigenvalue weighted by Gasteiger charge is 2.30. The molecule has 116 valence electrons. The van der Waals surface area contributed by atoms with E-state index in [2.05, 4.69) is 4.98 Å². The van der Waals surface area contributed by atoms with Crippen molar-refractivity contribution in [2.24, 2.45) is 0 Å². The minimum absolute atomic E-state index is 0.0125. The van der Waals surface area contributed by atoms with Crippen LogP contribution in [0.5, 0.6) is 5.75 Å². The van der Waals surface area contributed by atoms with E-state index < -0.39 is 34.5 Å². The monoisotopic (exact) mass is 330 g/mol. The number of rotatable bonds is 4. The van der Waals surface area contributed by atoms with Crippen LogP contribution in [0.4, 0.5) is 4.39 Å². The topological polar surface area (TPSA) is 99.5 Å². The molecule has 25 heavy (non-hydrogen) atoms. The summed E-state index contributed by atoms with van der Waals surface area (Å²) in [6, 6.07) is 5.17. The van der Waals surface area contributed by atoms with Crippen LogP contribution < -0.4 is 16.4 Å². The number of hydrogen-bond donors (Lipinski definition) is 3. The fourth-order valence-electron chi connectivity index (χ4n) is 2.02. The van der Waals surface area contributed by atoms with E-state index in [4.69, 9.17) is 36.5 Å². The van der Waals surface area contributed by atoms with Crippen LogP contribution in [0.2, 0.25) is 0 Å². The fraction of sp³-hybridized carbons (Fsp3) is 0.0714. The number of nitrogens with one attached hydrogen (secondary N) is 1. The molecule has 0 bridgehead atoms.